The normalized spacial score (nSPS) is 13.7. The number of urea groups is 1. The van der Waals surface area contributed by atoms with Gasteiger partial charge < -0.3 is 15.2 Å². The molecule has 2 aromatic rings. The highest BCUT2D eigenvalue weighted by molar-refractivity contribution is 7.11. The van der Waals surface area contributed by atoms with Gasteiger partial charge in [0.1, 0.15) is 23.2 Å². The third kappa shape index (κ3) is 4.33. The molecule has 0 spiro atoms. The number of carboxylic acids is 1. The minimum absolute atomic E-state index is 0.0147. The molecular formula is C17H17F2N3O4S. The molecule has 1 aliphatic rings. The summed E-state index contributed by atoms with van der Waals surface area (Å²) < 4.78 is 36.9. The number of ether oxygens (including phenoxy) is 1. The Labute approximate surface area is 157 Å². The first-order valence-electron chi connectivity index (χ1n) is 8.23. The van der Waals surface area contributed by atoms with Crippen LogP contribution in [0.5, 0.6) is 5.88 Å². The van der Waals surface area contributed by atoms with Crippen molar-refractivity contribution in [1.82, 2.24) is 9.69 Å². The number of benzene rings is 1. The molecule has 0 aliphatic heterocycles. The van der Waals surface area contributed by atoms with E-state index in [0.29, 0.717) is 17.1 Å². The fourth-order valence-corrected chi connectivity index (χ4v) is 3.26. The van der Waals surface area contributed by atoms with Crippen LogP contribution in [0.2, 0.25) is 0 Å². The van der Waals surface area contributed by atoms with Gasteiger partial charge in [0.15, 0.2) is 5.56 Å². The molecule has 1 fully saturated rings. The SMILES string of the molecule is Cc1cc(F)c(COc2nsc(NC(=O)NC3CCC3)c2C(=O)O)c(F)c1. The predicted molar refractivity (Wildman–Crippen MR) is 94.3 cm³/mol. The van der Waals surface area contributed by atoms with Crippen LogP contribution in [0.3, 0.4) is 0 Å². The summed E-state index contributed by atoms with van der Waals surface area (Å²) in [7, 11) is 0. The Kier molecular flexibility index (Phi) is 5.54. The van der Waals surface area contributed by atoms with Crippen LogP contribution in [0.25, 0.3) is 0 Å². The van der Waals surface area contributed by atoms with Crippen molar-refractivity contribution in [2.45, 2.75) is 38.8 Å². The molecule has 0 radical (unpaired) electrons. The first kappa shape index (κ1) is 19.0. The van der Waals surface area contributed by atoms with Crippen LogP contribution in [0.1, 0.15) is 40.7 Å². The number of carboxylic acid groups (broad SMARTS) is 1. The van der Waals surface area contributed by atoms with E-state index in [9.17, 15) is 23.5 Å². The second kappa shape index (κ2) is 7.87. The van der Waals surface area contributed by atoms with Crippen LogP contribution in [0, 0.1) is 18.6 Å². The third-order valence-corrected chi connectivity index (χ3v) is 4.93. The van der Waals surface area contributed by atoms with Gasteiger partial charge >= 0.3 is 12.0 Å². The maximum atomic E-state index is 13.9. The Balaban J connectivity index is 1.73. The number of rotatable bonds is 6. The van der Waals surface area contributed by atoms with E-state index in [1.807, 2.05) is 0 Å². The minimum Gasteiger partial charge on any atom is -0.477 e. The van der Waals surface area contributed by atoms with E-state index in [2.05, 4.69) is 15.0 Å². The Morgan fingerprint density at radius 3 is 2.56 bits per heavy atom. The second-order valence-electron chi connectivity index (χ2n) is 6.22. The Morgan fingerprint density at radius 1 is 1.33 bits per heavy atom. The molecule has 3 N–H and O–H groups in total. The zero-order valence-electron chi connectivity index (χ0n) is 14.3. The van der Waals surface area contributed by atoms with Crippen molar-refractivity contribution in [3.05, 3.63) is 40.5 Å². The number of anilines is 1. The average molecular weight is 397 g/mol. The zero-order valence-corrected chi connectivity index (χ0v) is 15.2. The van der Waals surface area contributed by atoms with Gasteiger partial charge in [-0.25, -0.2) is 18.4 Å². The topological polar surface area (TPSA) is 101 Å². The molecule has 7 nitrogen and oxygen atoms in total. The molecule has 1 aromatic heterocycles. The molecule has 0 saturated heterocycles. The van der Waals surface area contributed by atoms with Crippen LogP contribution in [-0.4, -0.2) is 27.5 Å². The van der Waals surface area contributed by atoms with Gasteiger partial charge in [-0.15, -0.1) is 0 Å². The van der Waals surface area contributed by atoms with E-state index in [4.69, 9.17) is 4.74 Å². The molecule has 0 atom stereocenters. The number of aryl methyl sites for hydroxylation is 1. The van der Waals surface area contributed by atoms with Crippen LogP contribution in [-0.2, 0) is 6.61 Å². The number of halogens is 2. The fraction of sp³-hybridized carbons (Fsp3) is 0.353. The van der Waals surface area contributed by atoms with Gasteiger partial charge in [-0.05, 0) is 55.4 Å². The van der Waals surface area contributed by atoms with Crippen LogP contribution >= 0.6 is 11.5 Å². The largest absolute Gasteiger partial charge is 0.477 e. The van der Waals surface area contributed by atoms with Gasteiger partial charge in [-0.2, -0.15) is 4.37 Å². The summed E-state index contributed by atoms with van der Waals surface area (Å²) in [5, 5.41) is 14.5. The van der Waals surface area contributed by atoms with Gasteiger partial charge in [-0.1, -0.05) is 0 Å². The number of hydrogen-bond acceptors (Lipinski definition) is 5. The van der Waals surface area contributed by atoms with Crippen molar-refractivity contribution in [1.29, 1.82) is 0 Å². The van der Waals surface area contributed by atoms with Crippen LogP contribution in [0.15, 0.2) is 12.1 Å². The van der Waals surface area contributed by atoms with E-state index in [-0.39, 0.29) is 28.0 Å². The number of nitrogens with zero attached hydrogens (tertiary/aromatic N) is 1. The molecule has 2 amide bonds. The smallest absolute Gasteiger partial charge is 0.344 e. The molecule has 3 rings (SSSR count). The number of aromatic carboxylic acids is 1. The second-order valence-corrected chi connectivity index (χ2v) is 6.99. The molecule has 1 aliphatic carbocycles. The Bertz CT molecular complexity index is 860. The summed E-state index contributed by atoms with van der Waals surface area (Å²) in [6, 6.07) is 1.85. The summed E-state index contributed by atoms with van der Waals surface area (Å²) in [4.78, 5) is 23.5. The van der Waals surface area contributed by atoms with Crippen molar-refractivity contribution in [3.63, 3.8) is 0 Å². The molecule has 144 valence electrons. The highest BCUT2D eigenvalue weighted by Gasteiger charge is 2.26. The summed E-state index contributed by atoms with van der Waals surface area (Å²) in [6.07, 6.45) is 2.80. The van der Waals surface area contributed by atoms with Crippen molar-refractivity contribution in [2.75, 3.05) is 5.32 Å². The Morgan fingerprint density at radius 2 is 2.00 bits per heavy atom. The van der Waals surface area contributed by atoms with Gasteiger partial charge in [0.05, 0.1) is 5.56 Å². The van der Waals surface area contributed by atoms with Gasteiger partial charge in [0.2, 0.25) is 5.88 Å². The highest BCUT2D eigenvalue weighted by Crippen LogP contribution is 2.31. The molecular weight excluding hydrogens is 380 g/mol. The summed E-state index contributed by atoms with van der Waals surface area (Å²) in [5.74, 6) is -3.27. The van der Waals surface area contributed by atoms with Crippen LogP contribution < -0.4 is 15.4 Å². The number of hydrogen-bond donors (Lipinski definition) is 3. The number of carbonyl (C=O) groups is 2. The summed E-state index contributed by atoms with van der Waals surface area (Å²) in [5.41, 5.74) is -0.281. The number of aromatic nitrogens is 1. The molecule has 1 heterocycles. The maximum absolute atomic E-state index is 13.9. The number of amides is 2. The molecule has 0 bridgehead atoms. The van der Waals surface area contributed by atoms with E-state index >= 15 is 0 Å². The third-order valence-electron chi connectivity index (χ3n) is 4.18. The lowest BCUT2D eigenvalue weighted by Gasteiger charge is -2.26. The number of nitrogens with one attached hydrogen (secondary N) is 2. The van der Waals surface area contributed by atoms with Crippen molar-refractivity contribution >= 4 is 28.5 Å². The predicted octanol–water partition coefficient (Wildman–Crippen LogP) is 3.68. The van der Waals surface area contributed by atoms with Gasteiger partial charge in [-0.3, -0.25) is 5.32 Å². The molecule has 1 aromatic carbocycles. The monoisotopic (exact) mass is 397 g/mol. The molecule has 0 unspecified atom stereocenters. The average Bonchev–Trinajstić information content (AvgIpc) is 2.92. The van der Waals surface area contributed by atoms with Gasteiger partial charge in [0.25, 0.3) is 0 Å². The molecule has 27 heavy (non-hydrogen) atoms. The standard InChI is InChI=1S/C17H17F2N3O4S/c1-8-5-11(18)10(12(19)6-8)7-26-14-13(16(23)24)15(27-22-14)21-17(25)20-9-3-2-4-9/h5-6,9H,2-4,7H2,1H3,(H,23,24)(H2,20,21,25). The summed E-state index contributed by atoms with van der Waals surface area (Å²) >= 11 is 0.716. The first-order valence-corrected chi connectivity index (χ1v) is 9.00. The van der Waals surface area contributed by atoms with E-state index in [1.165, 1.54) is 0 Å². The minimum atomic E-state index is -1.37. The number of carbonyl (C=O) groups excluding carboxylic acids is 1. The molecule has 1 saturated carbocycles. The zero-order chi connectivity index (χ0) is 19.6. The Hall–Kier alpha value is -2.75. The first-order chi connectivity index (χ1) is 12.8. The van der Waals surface area contributed by atoms with E-state index in [1.54, 1.807) is 6.92 Å². The lowest BCUT2D eigenvalue weighted by atomic mass is 9.93. The van der Waals surface area contributed by atoms with Crippen LogP contribution in [0.4, 0.5) is 18.6 Å². The fourth-order valence-electron chi connectivity index (χ4n) is 2.53. The maximum Gasteiger partial charge on any atom is 0.344 e. The van der Waals surface area contributed by atoms with E-state index < -0.39 is 30.2 Å². The van der Waals surface area contributed by atoms with Crippen molar-refractivity contribution in [3.8, 4) is 5.88 Å². The lowest BCUT2D eigenvalue weighted by molar-refractivity contribution is 0.0693. The van der Waals surface area contributed by atoms with Crippen molar-refractivity contribution < 1.29 is 28.2 Å². The highest BCUT2D eigenvalue weighted by atomic mass is 32.1. The lowest BCUT2D eigenvalue weighted by Crippen LogP contribution is -2.41. The van der Waals surface area contributed by atoms with E-state index in [0.717, 1.165) is 31.4 Å². The van der Waals surface area contributed by atoms with Gasteiger partial charge in [0, 0.05) is 6.04 Å². The quantitative estimate of drug-likeness (QED) is 0.690. The van der Waals surface area contributed by atoms with Crippen molar-refractivity contribution in [2.24, 2.45) is 0 Å². The summed E-state index contributed by atoms with van der Waals surface area (Å²) in [6.45, 7) is 1.02. The molecule has 10 heteroatoms.